The molecule has 0 saturated carbocycles. The number of nitrogens with one attached hydrogen (secondary N) is 1. The maximum Gasteiger partial charge on any atom is 0.254 e. The van der Waals surface area contributed by atoms with Gasteiger partial charge in [0.2, 0.25) is 0 Å². The summed E-state index contributed by atoms with van der Waals surface area (Å²) < 4.78 is 0. The van der Waals surface area contributed by atoms with E-state index >= 15 is 0 Å². The van der Waals surface area contributed by atoms with Gasteiger partial charge >= 0.3 is 0 Å². The first-order chi connectivity index (χ1) is 7.09. The van der Waals surface area contributed by atoms with E-state index in [0.29, 0.717) is 6.54 Å². The van der Waals surface area contributed by atoms with Gasteiger partial charge in [-0.3, -0.25) is 4.79 Å². The highest BCUT2D eigenvalue weighted by molar-refractivity contribution is 7.80. The Morgan fingerprint density at radius 2 is 2.33 bits per heavy atom. The highest BCUT2D eigenvalue weighted by Gasteiger charge is 2.26. The van der Waals surface area contributed by atoms with E-state index < -0.39 is 0 Å². The summed E-state index contributed by atoms with van der Waals surface area (Å²) >= 11 is 4.78. The predicted molar refractivity (Wildman–Crippen MR) is 62.6 cm³/mol. The quantitative estimate of drug-likeness (QED) is 0.693. The second kappa shape index (κ2) is 3.51. The first-order valence-corrected chi connectivity index (χ1v) is 4.94. The highest BCUT2D eigenvalue weighted by Crippen LogP contribution is 2.28. The molecule has 0 unspecified atom stereocenters. The van der Waals surface area contributed by atoms with Gasteiger partial charge < -0.3 is 16.0 Å². The number of hydrogen-bond donors (Lipinski definition) is 2. The van der Waals surface area contributed by atoms with Crippen molar-refractivity contribution >= 4 is 28.9 Å². The molecule has 1 amide bonds. The van der Waals surface area contributed by atoms with Crippen molar-refractivity contribution in [3.63, 3.8) is 0 Å². The molecule has 0 fully saturated rings. The number of thiocarbonyl (C=S) groups is 1. The second-order valence-corrected chi connectivity index (χ2v) is 3.92. The molecule has 3 N–H and O–H groups in total. The minimum absolute atomic E-state index is 0.0385. The molecule has 78 valence electrons. The molecule has 1 aliphatic heterocycles. The minimum Gasteiger partial charge on any atom is -0.376 e. The highest BCUT2D eigenvalue weighted by atomic mass is 32.1. The normalized spacial score (nSPS) is 13.9. The van der Waals surface area contributed by atoms with Gasteiger partial charge in [0.05, 0.1) is 0 Å². The molecule has 1 aliphatic rings. The third-order valence-electron chi connectivity index (χ3n) is 2.41. The topological polar surface area (TPSA) is 58.4 Å². The van der Waals surface area contributed by atoms with Gasteiger partial charge in [-0.15, -0.1) is 0 Å². The Balaban J connectivity index is 2.45. The number of nitrogens with zero attached hydrogens (tertiary/aromatic N) is 1. The Kier molecular flexibility index (Phi) is 2.32. The Morgan fingerprint density at radius 1 is 1.60 bits per heavy atom. The van der Waals surface area contributed by atoms with Crippen LogP contribution in [0.25, 0.3) is 0 Å². The lowest BCUT2D eigenvalue weighted by atomic mass is 10.1. The summed E-state index contributed by atoms with van der Waals surface area (Å²) in [4.78, 5) is 13.3. The Bertz CT molecular complexity index is 444. The number of amides is 1. The molecule has 1 aromatic carbocycles. The lowest BCUT2D eigenvalue weighted by Crippen LogP contribution is -2.20. The Morgan fingerprint density at radius 3 is 3.00 bits per heavy atom. The summed E-state index contributed by atoms with van der Waals surface area (Å²) in [5.74, 6) is 0.0385. The van der Waals surface area contributed by atoms with Crippen molar-refractivity contribution in [2.45, 2.75) is 6.54 Å². The smallest absolute Gasteiger partial charge is 0.254 e. The van der Waals surface area contributed by atoms with E-state index in [0.717, 1.165) is 16.8 Å². The van der Waals surface area contributed by atoms with E-state index in [2.05, 4.69) is 5.32 Å². The van der Waals surface area contributed by atoms with Crippen molar-refractivity contribution in [3.8, 4) is 0 Å². The van der Waals surface area contributed by atoms with Crippen molar-refractivity contribution in [2.24, 2.45) is 5.73 Å². The molecule has 0 atom stereocenters. The summed E-state index contributed by atoms with van der Waals surface area (Å²) in [7, 11) is 1.77. The van der Waals surface area contributed by atoms with Gasteiger partial charge in [-0.25, -0.2) is 0 Å². The van der Waals surface area contributed by atoms with Crippen molar-refractivity contribution in [1.82, 2.24) is 4.90 Å². The van der Waals surface area contributed by atoms with Crippen LogP contribution in [0.4, 0.5) is 5.69 Å². The maximum atomic E-state index is 11.7. The molecule has 15 heavy (non-hydrogen) atoms. The van der Waals surface area contributed by atoms with E-state index in [-0.39, 0.29) is 11.0 Å². The van der Waals surface area contributed by atoms with Crippen molar-refractivity contribution < 1.29 is 4.79 Å². The summed E-state index contributed by atoms with van der Waals surface area (Å²) in [6, 6.07) is 5.49. The van der Waals surface area contributed by atoms with Gasteiger partial charge in [-0.05, 0) is 24.4 Å². The Labute approximate surface area is 93.1 Å². The van der Waals surface area contributed by atoms with Gasteiger partial charge in [0.15, 0.2) is 5.11 Å². The molecular formula is C10H11N3OS. The molecule has 1 aromatic rings. The largest absolute Gasteiger partial charge is 0.376 e. The van der Waals surface area contributed by atoms with Gasteiger partial charge in [-0.2, -0.15) is 0 Å². The number of carbonyl (C=O) groups is 1. The molecule has 0 radical (unpaired) electrons. The monoisotopic (exact) mass is 221 g/mol. The van der Waals surface area contributed by atoms with E-state index in [4.69, 9.17) is 18.0 Å². The molecule has 0 saturated heterocycles. The molecule has 2 rings (SSSR count). The van der Waals surface area contributed by atoms with Gasteiger partial charge in [0.1, 0.15) is 0 Å². The molecule has 0 aromatic heterocycles. The van der Waals surface area contributed by atoms with E-state index in [1.165, 1.54) is 0 Å². The number of benzene rings is 1. The first-order valence-electron chi connectivity index (χ1n) is 4.53. The lowest BCUT2D eigenvalue weighted by molar-refractivity contribution is 0.0816. The minimum atomic E-state index is 0.0385. The van der Waals surface area contributed by atoms with Crippen LogP contribution in [0.1, 0.15) is 15.9 Å². The van der Waals surface area contributed by atoms with Crippen LogP contribution >= 0.6 is 12.2 Å². The summed E-state index contributed by atoms with van der Waals surface area (Å²) in [5, 5.41) is 3.09. The van der Waals surface area contributed by atoms with Crippen LogP contribution in [0.15, 0.2) is 18.2 Å². The van der Waals surface area contributed by atoms with Crippen LogP contribution in [0, 0.1) is 0 Å². The fraction of sp³-hybridized carbons (Fsp3) is 0.200. The van der Waals surface area contributed by atoms with Crippen LogP contribution in [0.5, 0.6) is 0 Å². The molecule has 0 spiro atoms. The lowest BCUT2D eigenvalue weighted by Gasteiger charge is -2.08. The zero-order chi connectivity index (χ0) is 11.0. The zero-order valence-corrected chi connectivity index (χ0v) is 9.10. The fourth-order valence-corrected chi connectivity index (χ4v) is 1.83. The molecule has 0 aliphatic carbocycles. The number of nitrogens with two attached hydrogens (primary N) is 1. The van der Waals surface area contributed by atoms with Crippen molar-refractivity contribution in [1.29, 1.82) is 0 Å². The SMILES string of the molecule is CN1Cc2c(NC(N)=S)cccc2C1=O. The maximum absolute atomic E-state index is 11.7. The third kappa shape index (κ3) is 1.66. The summed E-state index contributed by atoms with van der Waals surface area (Å²) in [5.41, 5.74) is 7.90. The van der Waals surface area contributed by atoms with Gasteiger partial charge in [0.25, 0.3) is 5.91 Å². The van der Waals surface area contributed by atoms with E-state index in [9.17, 15) is 4.79 Å². The average Bonchev–Trinajstić information content (AvgIpc) is 2.45. The molecule has 4 nitrogen and oxygen atoms in total. The third-order valence-corrected chi connectivity index (χ3v) is 2.51. The van der Waals surface area contributed by atoms with Gasteiger partial charge in [-0.1, -0.05) is 6.07 Å². The zero-order valence-electron chi connectivity index (χ0n) is 8.28. The van der Waals surface area contributed by atoms with Crippen LogP contribution in [0.2, 0.25) is 0 Å². The summed E-state index contributed by atoms with van der Waals surface area (Å²) in [6.45, 7) is 0.597. The standard InChI is InChI=1S/C10H11N3OS/c1-13-5-7-6(9(13)14)3-2-4-8(7)12-10(11)15/h2-4H,5H2,1H3,(H3,11,12,15). The first kappa shape index (κ1) is 9.92. The second-order valence-electron chi connectivity index (χ2n) is 3.48. The van der Waals surface area contributed by atoms with Crippen molar-refractivity contribution in [3.05, 3.63) is 29.3 Å². The molecular weight excluding hydrogens is 210 g/mol. The van der Waals surface area contributed by atoms with Gasteiger partial charge in [0, 0.05) is 30.4 Å². The number of rotatable bonds is 1. The fourth-order valence-electron chi connectivity index (χ4n) is 1.72. The average molecular weight is 221 g/mol. The van der Waals surface area contributed by atoms with E-state index in [1.54, 1.807) is 11.9 Å². The van der Waals surface area contributed by atoms with Crippen molar-refractivity contribution in [2.75, 3.05) is 12.4 Å². The number of hydrogen-bond acceptors (Lipinski definition) is 2. The molecule has 1 heterocycles. The van der Waals surface area contributed by atoms with Crippen LogP contribution in [-0.4, -0.2) is 23.0 Å². The van der Waals surface area contributed by atoms with E-state index in [1.807, 2.05) is 18.2 Å². The number of carbonyl (C=O) groups excluding carboxylic acids is 1. The predicted octanol–water partition coefficient (Wildman–Crippen LogP) is 0.928. The van der Waals surface area contributed by atoms with Crippen LogP contribution in [-0.2, 0) is 6.54 Å². The van der Waals surface area contributed by atoms with Crippen LogP contribution in [0.3, 0.4) is 0 Å². The molecule has 5 heteroatoms. The number of anilines is 1. The Hall–Kier alpha value is -1.62. The molecule has 0 bridgehead atoms. The van der Waals surface area contributed by atoms with Crippen LogP contribution < -0.4 is 11.1 Å². The number of fused-ring (bicyclic) bond motifs is 1. The summed E-state index contributed by atoms with van der Waals surface area (Å²) in [6.07, 6.45) is 0.